The van der Waals surface area contributed by atoms with E-state index in [0.717, 1.165) is 32.1 Å². The third-order valence-electron chi connectivity index (χ3n) is 4.28. The summed E-state index contributed by atoms with van der Waals surface area (Å²) in [5.74, 6) is 0.227. The first-order valence-electron chi connectivity index (χ1n) is 9.02. The Morgan fingerprint density at radius 1 is 1.15 bits per heavy atom. The minimum absolute atomic E-state index is 0.0199. The maximum absolute atomic E-state index is 12.4. The minimum atomic E-state index is -3.52. The maximum Gasteiger partial charge on any atom is 0.257 e. The fraction of sp³-hybridized carbons (Fsp3) is 0.611. The topological polar surface area (TPSA) is 93.7 Å². The van der Waals surface area contributed by atoms with Crippen molar-refractivity contribution in [3.05, 3.63) is 24.3 Å². The Labute approximate surface area is 155 Å². The fourth-order valence-corrected chi connectivity index (χ4v) is 4.17. The summed E-state index contributed by atoms with van der Waals surface area (Å²) in [4.78, 5) is 11.9. The summed E-state index contributed by atoms with van der Waals surface area (Å²) in [6.07, 6.45) is 5.81. The number of sulfonamides is 1. The SMILES string of the molecule is COCCCNC(=O)COc1ccc(S(=O)(=O)NC2CCCCC2)cc1. The zero-order valence-electron chi connectivity index (χ0n) is 15.2. The Hall–Kier alpha value is -1.64. The number of hydrogen-bond acceptors (Lipinski definition) is 5. The van der Waals surface area contributed by atoms with Crippen molar-refractivity contribution < 1.29 is 22.7 Å². The molecule has 0 atom stereocenters. The number of methoxy groups -OCH3 is 1. The zero-order chi connectivity index (χ0) is 18.8. The molecule has 0 spiro atoms. The van der Waals surface area contributed by atoms with Gasteiger partial charge in [0.1, 0.15) is 5.75 Å². The molecule has 1 aliphatic rings. The third kappa shape index (κ3) is 6.93. The molecule has 0 saturated heterocycles. The van der Waals surface area contributed by atoms with Crippen LogP contribution in [0, 0.1) is 0 Å². The van der Waals surface area contributed by atoms with Crippen molar-refractivity contribution in [1.82, 2.24) is 10.0 Å². The number of rotatable bonds is 10. The van der Waals surface area contributed by atoms with Crippen LogP contribution in [0.15, 0.2) is 29.2 Å². The van der Waals surface area contributed by atoms with Crippen molar-refractivity contribution in [3.8, 4) is 5.75 Å². The highest BCUT2D eigenvalue weighted by Crippen LogP contribution is 2.21. The lowest BCUT2D eigenvalue weighted by Gasteiger charge is -2.22. The highest BCUT2D eigenvalue weighted by molar-refractivity contribution is 7.89. The van der Waals surface area contributed by atoms with E-state index in [-0.39, 0.29) is 23.5 Å². The van der Waals surface area contributed by atoms with Gasteiger partial charge in [0.2, 0.25) is 10.0 Å². The second-order valence-electron chi connectivity index (χ2n) is 6.41. The zero-order valence-corrected chi connectivity index (χ0v) is 16.0. The van der Waals surface area contributed by atoms with Crippen molar-refractivity contribution in [2.75, 3.05) is 26.9 Å². The van der Waals surface area contributed by atoms with Crippen LogP contribution in [-0.4, -0.2) is 47.2 Å². The number of hydrogen-bond donors (Lipinski definition) is 2. The predicted molar refractivity (Wildman–Crippen MR) is 98.6 cm³/mol. The predicted octanol–water partition coefficient (Wildman–Crippen LogP) is 1.83. The minimum Gasteiger partial charge on any atom is -0.484 e. The van der Waals surface area contributed by atoms with Gasteiger partial charge in [0.05, 0.1) is 4.90 Å². The van der Waals surface area contributed by atoms with Gasteiger partial charge in [-0.05, 0) is 43.5 Å². The van der Waals surface area contributed by atoms with Crippen molar-refractivity contribution in [2.24, 2.45) is 0 Å². The molecular weight excluding hydrogens is 356 g/mol. The molecule has 1 amide bonds. The van der Waals surface area contributed by atoms with Gasteiger partial charge >= 0.3 is 0 Å². The molecule has 8 heteroatoms. The van der Waals surface area contributed by atoms with Crippen molar-refractivity contribution in [2.45, 2.75) is 49.5 Å². The van der Waals surface area contributed by atoms with Crippen molar-refractivity contribution >= 4 is 15.9 Å². The molecular formula is C18H28N2O5S. The van der Waals surface area contributed by atoms with Crippen LogP contribution in [0.5, 0.6) is 5.75 Å². The quantitative estimate of drug-likeness (QED) is 0.600. The van der Waals surface area contributed by atoms with E-state index in [4.69, 9.17) is 9.47 Å². The second kappa shape index (κ2) is 10.5. The summed E-state index contributed by atoms with van der Waals surface area (Å²) in [5, 5.41) is 2.72. The van der Waals surface area contributed by atoms with Gasteiger partial charge in [-0.2, -0.15) is 0 Å². The van der Waals surface area contributed by atoms with Crippen LogP contribution in [0.4, 0.5) is 0 Å². The van der Waals surface area contributed by atoms with Gasteiger partial charge < -0.3 is 14.8 Å². The van der Waals surface area contributed by atoms with E-state index in [1.807, 2.05) is 0 Å². The lowest BCUT2D eigenvalue weighted by Crippen LogP contribution is -2.36. The lowest BCUT2D eigenvalue weighted by molar-refractivity contribution is -0.123. The third-order valence-corrected chi connectivity index (χ3v) is 5.81. The Bertz CT molecular complexity index is 655. The summed E-state index contributed by atoms with van der Waals surface area (Å²) >= 11 is 0. The van der Waals surface area contributed by atoms with Gasteiger partial charge in [-0.15, -0.1) is 0 Å². The van der Waals surface area contributed by atoms with E-state index < -0.39 is 10.0 Å². The Kier molecular flexibility index (Phi) is 8.34. The van der Waals surface area contributed by atoms with Gasteiger partial charge in [-0.3, -0.25) is 4.79 Å². The molecule has 26 heavy (non-hydrogen) atoms. The standard InChI is InChI=1S/C18H28N2O5S/c1-24-13-5-12-19-18(21)14-25-16-8-10-17(11-9-16)26(22,23)20-15-6-3-2-4-7-15/h8-11,15,20H,2-7,12-14H2,1H3,(H,19,21). The van der Waals surface area contributed by atoms with Crippen LogP contribution in [0.2, 0.25) is 0 Å². The summed E-state index contributed by atoms with van der Waals surface area (Å²) in [7, 11) is -1.91. The van der Waals surface area contributed by atoms with E-state index in [9.17, 15) is 13.2 Å². The van der Waals surface area contributed by atoms with E-state index in [1.165, 1.54) is 18.6 Å². The van der Waals surface area contributed by atoms with Gasteiger partial charge in [0.25, 0.3) is 5.91 Å². The molecule has 146 valence electrons. The molecule has 1 saturated carbocycles. The average molecular weight is 384 g/mol. The van der Waals surface area contributed by atoms with Crippen LogP contribution in [-0.2, 0) is 19.6 Å². The van der Waals surface area contributed by atoms with Crippen molar-refractivity contribution in [1.29, 1.82) is 0 Å². The normalized spacial score (nSPS) is 15.6. The van der Waals surface area contributed by atoms with Crippen LogP contribution >= 0.6 is 0 Å². The molecule has 2 rings (SSSR count). The Balaban J connectivity index is 1.80. The first-order chi connectivity index (χ1) is 12.5. The van der Waals surface area contributed by atoms with Crippen LogP contribution in [0.3, 0.4) is 0 Å². The Morgan fingerprint density at radius 2 is 1.85 bits per heavy atom. The fourth-order valence-electron chi connectivity index (χ4n) is 2.87. The molecule has 0 radical (unpaired) electrons. The number of carbonyl (C=O) groups excluding carboxylic acids is 1. The van der Waals surface area contributed by atoms with E-state index in [2.05, 4.69) is 10.0 Å². The highest BCUT2D eigenvalue weighted by atomic mass is 32.2. The van der Waals surface area contributed by atoms with E-state index in [1.54, 1.807) is 19.2 Å². The molecule has 1 aromatic rings. The molecule has 0 aliphatic heterocycles. The van der Waals surface area contributed by atoms with Gasteiger partial charge in [-0.25, -0.2) is 13.1 Å². The van der Waals surface area contributed by atoms with Crippen LogP contribution in [0.25, 0.3) is 0 Å². The summed E-state index contributed by atoms with van der Waals surface area (Å²) in [5.41, 5.74) is 0. The van der Waals surface area contributed by atoms with Crippen LogP contribution in [0.1, 0.15) is 38.5 Å². The maximum atomic E-state index is 12.4. The van der Waals surface area contributed by atoms with Crippen molar-refractivity contribution in [3.63, 3.8) is 0 Å². The Morgan fingerprint density at radius 3 is 2.50 bits per heavy atom. The number of ether oxygens (including phenoxy) is 2. The van der Waals surface area contributed by atoms with E-state index in [0.29, 0.717) is 18.9 Å². The summed E-state index contributed by atoms with van der Waals surface area (Å²) in [6, 6.07) is 6.14. The molecule has 0 heterocycles. The smallest absolute Gasteiger partial charge is 0.257 e. The number of nitrogens with one attached hydrogen (secondary N) is 2. The second-order valence-corrected chi connectivity index (χ2v) is 8.13. The van der Waals surface area contributed by atoms with Crippen LogP contribution < -0.4 is 14.8 Å². The molecule has 0 bridgehead atoms. The monoisotopic (exact) mass is 384 g/mol. The largest absolute Gasteiger partial charge is 0.484 e. The molecule has 0 aromatic heterocycles. The molecule has 7 nitrogen and oxygen atoms in total. The first-order valence-corrected chi connectivity index (χ1v) is 10.5. The summed E-state index contributed by atoms with van der Waals surface area (Å²) < 4.78 is 37.9. The number of benzene rings is 1. The lowest BCUT2D eigenvalue weighted by atomic mass is 9.96. The van der Waals surface area contributed by atoms with Gasteiger partial charge in [-0.1, -0.05) is 19.3 Å². The molecule has 2 N–H and O–H groups in total. The molecule has 1 aliphatic carbocycles. The number of amides is 1. The average Bonchev–Trinajstić information content (AvgIpc) is 2.64. The highest BCUT2D eigenvalue weighted by Gasteiger charge is 2.21. The molecule has 1 aromatic carbocycles. The van der Waals surface area contributed by atoms with E-state index >= 15 is 0 Å². The first kappa shape index (κ1) is 20.7. The number of carbonyl (C=O) groups is 1. The molecule has 1 fully saturated rings. The summed E-state index contributed by atoms with van der Waals surface area (Å²) in [6.45, 7) is 1.01. The van der Waals surface area contributed by atoms with Gasteiger partial charge in [0.15, 0.2) is 6.61 Å². The molecule has 0 unspecified atom stereocenters. The van der Waals surface area contributed by atoms with Gasteiger partial charge in [0, 0.05) is 26.3 Å².